The van der Waals surface area contributed by atoms with Crippen LogP contribution < -0.4 is 9.47 Å². The van der Waals surface area contributed by atoms with Crippen LogP contribution in [0.3, 0.4) is 0 Å². The lowest BCUT2D eigenvalue weighted by Gasteiger charge is -2.27. The molecule has 6 rings (SSSR count). The number of aromatic nitrogens is 4. The first kappa shape index (κ1) is 22.0. The van der Waals surface area contributed by atoms with Gasteiger partial charge < -0.3 is 13.9 Å². The Bertz CT molecular complexity index is 1520. The number of hydrogen-bond donors (Lipinski definition) is 0. The van der Waals surface area contributed by atoms with E-state index in [2.05, 4.69) is 15.1 Å². The number of halogens is 1. The number of alkyl halides is 1. The van der Waals surface area contributed by atoms with Crippen LogP contribution >= 0.6 is 11.3 Å². The molecule has 0 amide bonds. The van der Waals surface area contributed by atoms with Gasteiger partial charge in [0.05, 0.1) is 30.1 Å². The molecule has 4 heterocycles. The van der Waals surface area contributed by atoms with Crippen LogP contribution in [0, 0.1) is 6.92 Å². The highest BCUT2D eigenvalue weighted by Gasteiger charge is 2.36. The molecule has 1 aliphatic carbocycles. The van der Waals surface area contributed by atoms with E-state index in [4.69, 9.17) is 13.9 Å². The van der Waals surface area contributed by atoms with Gasteiger partial charge in [0.2, 0.25) is 0 Å². The Hall–Kier alpha value is -3.46. The molecule has 4 aromatic heterocycles. The molecular weight excluding hydrogens is 467 g/mol. The lowest BCUT2D eigenvalue weighted by atomic mass is 9.87. The van der Waals surface area contributed by atoms with Crippen molar-refractivity contribution < 1.29 is 18.3 Å². The van der Waals surface area contributed by atoms with Gasteiger partial charge in [0.25, 0.3) is 0 Å². The van der Waals surface area contributed by atoms with Gasteiger partial charge in [0.1, 0.15) is 34.4 Å². The van der Waals surface area contributed by atoms with Crippen LogP contribution in [0.25, 0.3) is 28.1 Å². The highest BCUT2D eigenvalue weighted by Crippen LogP contribution is 2.42. The average Bonchev–Trinajstić information content (AvgIpc) is 3.60. The number of aryl methyl sites for hydroxylation is 1. The summed E-state index contributed by atoms with van der Waals surface area (Å²) in [4.78, 5) is 9.20. The van der Waals surface area contributed by atoms with Crippen molar-refractivity contribution >= 4 is 28.0 Å². The summed E-state index contributed by atoms with van der Waals surface area (Å²) in [5.74, 6) is 1.83. The molecule has 180 valence electrons. The van der Waals surface area contributed by atoms with Crippen LogP contribution in [-0.2, 0) is 12.3 Å². The number of benzene rings is 1. The summed E-state index contributed by atoms with van der Waals surface area (Å²) < 4.78 is 34.8. The molecule has 0 spiro atoms. The molecule has 1 aromatic carbocycles. The van der Waals surface area contributed by atoms with E-state index >= 15 is 4.39 Å². The standard InChI is InChI=1S/C26H25FN4O3S/c1-16-6-7-24-29-20(13-31(24)30-16)23-12-19-21(10-18(32-2)11-22(19)34-23)33-14-17-15-35-25(28-17)26(27)8-4-3-5-9-26/h6-7,10-13,15H,3-5,8-9,14H2,1-2H3. The highest BCUT2D eigenvalue weighted by atomic mass is 32.1. The van der Waals surface area contributed by atoms with Gasteiger partial charge in [-0.25, -0.2) is 18.9 Å². The van der Waals surface area contributed by atoms with Crippen LogP contribution in [0.1, 0.15) is 48.5 Å². The molecule has 35 heavy (non-hydrogen) atoms. The van der Waals surface area contributed by atoms with E-state index in [1.165, 1.54) is 11.3 Å². The van der Waals surface area contributed by atoms with E-state index in [0.29, 0.717) is 52.1 Å². The maximum absolute atomic E-state index is 15.3. The molecule has 0 radical (unpaired) electrons. The monoisotopic (exact) mass is 492 g/mol. The Morgan fingerprint density at radius 1 is 1.14 bits per heavy atom. The van der Waals surface area contributed by atoms with Gasteiger partial charge in [-0.2, -0.15) is 5.10 Å². The summed E-state index contributed by atoms with van der Waals surface area (Å²) in [6.07, 6.45) is 5.85. The van der Waals surface area contributed by atoms with Crippen LogP contribution in [-0.4, -0.2) is 26.7 Å². The van der Waals surface area contributed by atoms with Crippen molar-refractivity contribution in [3.8, 4) is 23.0 Å². The summed E-state index contributed by atoms with van der Waals surface area (Å²) in [7, 11) is 1.60. The summed E-state index contributed by atoms with van der Waals surface area (Å²) in [6, 6.07) is 9.39. The third kappa shape index (κ3) is 4.14. The van der Waals surface area contributed by atoms with Crippen LogP contribution in [0.2, 0.25) is 0 Å². The molecule has 5 aromatic rings. The zero-order chi connectivity index (χ0) is 24.0. The molecule has 1 saturated carbocycles. The molecule has 9 heteroatoms. The van der Waals surface area contributed by atoms with Crippen LogP contribution in [0.5, 0.6) is 11.5 Å². The minimum absolute atomic E-state index is 0.229. The first-order valence-electron chi connectivity index (χ1n) is 11.7. The minimum atomic E-state index is -1.30. The van der Waals surface area contributed by atoms with Crippen molar-refractivity contribution in [2.45, 2.75) is 51.3 Å². The van der Waals surface area contributed by atoms with Crippen molar-refractivity contribution in [2.24, 2.45) is 0 Å². The average molecular weight is 493 g/mol. The highest BCUT2D eigenvalue weighted by molar-refractivity contribution is 7.09. The van der Waals surface area contributed by atoms with Gasteiger partial charge in [0.15, 0.2) is 17.1 Å². The van der Waals surface area contributed by atoms with Crippen molar-refractivity contribution in [1.29, 1.82) is 0 Å². The van der Waals surface area contributed by atoms with E-state index in [1.54, 1.807) is 11.6 Å². The van der Waals surface area contributed by atoms with Gasteiger partial charge in [-0.1, -0.05) is 6.42 Å². The molecule has 0 atom stereocenters. The van der Waals surface area contributed by atoms with Gasteiger partial charge in [0, 0.05) is 17.5 Å². The molecule has 0 unspecified atom stereocenters. The van der Waals surface area contributed by atoms with Gasteiger partial charge in [-0.15, -0.1) is 11.3 Å². The summed E-state index contributed by atoms with van der Waals surface area (Å²) in [6.45, 7) is 2.16. The fourth-order valence-electron chi connectivity index (χ4n) is 4.60. The largest absolute Gasteiger partial charge is 0.496 e. The smallest absolute Gasteiger partial charge is 0.162 e. The number of rotatable bonds is 6. The van der Waals surface area contributed by atoms with E-state index in [9.17, 15) is 0 Å². The molecular formula is C26H25FN4O3S. The summed E-state index contributed by atoms with van der Waals surface area (Å²) in [5, 5.41) is 7.70. The molecule has 1 aliphatic rings. The van der Waals surface area contributed by atoms with Crippen molar-refractivity contribution in [3.63, 3.8) is 0 Å². The fourth-order valence-corrected chi connectivity index (χ4v) is 5.55. The normalized spacial score (nSPS) is 15.6. The Balaban J connectivity index is 1.29. The van der Waals surface area contributed by atoms with E-state index in [0.717, 1.165) is 36.0 Å². The second kappa shape index (κ2) is 8.64. The molecule has 0 N–H and O–H groups in total. The molecule has 0 bridgehead atoms. The minimum Gasteiger partial charge on any atom is -0.496 e. The number of thiazole rings is 1. The lowest BCUT2D eigenvalue weighted by molar-refractivity contribution is 0.105. The number of nitrogens with zero attached hydrogens (tertiary/aromatic N) is 4. The second-order valence-electron chi connectivity index (χ2n) is 9.01. The summed E-state index contributed by atoms with van der Waals surface area (Å²) >= 11 is 1.38. The quantitative estimate of drug-likeness (QED) is 0.265. The first-order valence-corrected chi connectivity index (χ1v) is 12.6. The van der Waals surface area contributed by atoms with Gasteiger partial charge in [-0.05, 0) is 50.8 Å². The first-order chi connectivity index (χ1) is 17.0. The van der Waals surface area contributed by atoms with Gasteiger partial charge >= 0.3 is 0 Å². The van der Waals surface area contributed by atoms with Crippen LogP contribution in [0.4, 0.5) is 4.39 Å². The van der Waals surface area contributed by atoms with Gasteiger partial charge in [-0.3, -0.25) is 0 Å². The third-order valence-electron chi connectivity index (χ3n) is 6.47. The molecule has 1 fully saturated rings. The Labute approximate surface area is 205 Å². The van der Waals surface area contributed by atoms with E-state index < -0.39 is 5.67 Å². The zero-order valence-corrected chi connectivity index (χ0v) is 20.4. The number of furan rings is 1. The maximum Gasteiger partial charge on any atom is 0.162 e. The number of hydrogen-bond acceptors (Lipinski definition) is 7. The molecule has 7 nitrogen and oxygen atoms in total. The predicted octanol–water partition coefficient (Wildman–Crippen LogP) is 6.62. The Morgan fingerprint density at radius 2 is 2.00 bits per heavy atom. The molecule has 0 saturated heterocycles. The third-order valence-corrected chi connectivity index (χ3v) is 7.54. The summed E-state index contributed by atoms with van der Waals surface area (Å²) in [5.41, 5.74) is 2.36. The Kier molecular flexibility index (Phi) is 5.44. The molecule has 0 aliphatic heterocycles. The Morgan fingerprint density at radius 3 is 2.83 bits per heavy atom. The number of imidazole rings is 1. The van der Waals surface area contributed by atoms with Crippen molar-refractivity contribution in [1.82, 2.24) is 19.6 Å². The number of ether oxygens (including phenoxy) is 2. The fraction of sp³-hybridized carbons (Fsp3) is 0.346. The van der Waals surface area contributed by atoms with E-state index in [-0.39, 0.29) is 6.61 Å². The predicted molar refractivity (Wildman–Crippen MR) is 132 cm³/mol. The topological polar surface area (TPSA) is 74.7 Å². The van der Waals surface area contributed by atoms with Crippen molar-refractivity contribution in [3.05, 3.63) is 58.3 Å². The maximum atomic E-state index is 15.3. The lowest BCUT2D eigenvalue weighted by Crippen LogP contribution is -2.23. The number of fused-ring (bicyclic) bond motifs is 2. The SMILES string of the molecule is COc1cc(OCc2csc(C3(F)CCCCC3)n2)c2cc(-c3cn4nc(C)ccc4n3)oc2c1. The van der Waals surface area contributed by atoms with E-state index in [1.807, 2.05) is 48.8 Å². The van der Waals surface area contributed by atoms with Crippen LogP contribution in [0.15, 0.2) is 46.3 Å². The second-order valence-corrected chi connectivity index (χ2v) is 9.87. The van der Waals surface area contributed by atoms with Crippen molar-refractivity contribution in [2.75, 3.05) is 7.11 Å². The zero-order valence-electron chi connectivity index (χ0n) is 19.6. The number of methoxy groups -OCH3 is 1.